The van der Waals surface area contributed by atoms with Crippen molar-refractivity contribution in [2.24, 2.45) is 0 Å². The van der Waals surface area contributed by atoms with Crippen LogP contribution in [0.1, 0.15) is 50.9 Å². The normalized spacial score (nSPS) is 13.3. The Hall–Kier alpha value is 0.590. The van der Waals surface area contributed by atoms with Crippen LogP contribution in [-0.2, 0) is 10.9 Å². The Kier molecular flexibility index (Phi) is 6.10. The van der Waals surface area contributed by atoms with Crippen molar-refractivity contribution in [3.8, 4) is 0 Å². The second-order valence-corrected chi connectivity index (χ2v) is 8.24. The zero-order chi connectivity index (χ0) is 14.8. The molecule has 0 radical (unpaired) electrons. The van der Waals surface area contributed by atoms with Gasteiger partial charge in [-0.25, -0.2) is 4.68 Å². The van der Waals surface area contributed by atoms with E-state index < -0.39 is 8.13 Å². The van der Waals surface area contributed by atoms with Gasteiger partial charge in [0.1, 0.15) is 5.69 Å². The summed E-state index contributed by atoms with van der Waals surface area (Å²) < 4.78 is -1.94. The Morgan fingerprint density at radius 1 is 1.16 bits per heavy atom. The van der Waals surface area contributed by atoms with E-state index in [0.717, 1.165) is 12.8 Å². The lowest BCUT2D eigenvalue weighted by Crippen LogP contribution is -2.32. The van der Waals surface area contributed by atoms with Crippen molar-refractivity contribution >= 4 is 58.0 Å². The van der Waals surface area contributed by atoms with Crippen molar-refractivity contribution in [1.29, 1.82) is 0 Å². The van der Waals surface area contributed by atoms with Crippen molar-refractivity contribution in [2.45, 2.75) is 54.2 Å². The maximum Gasteiger partial charge on any atom is 0.228 e. The van der Waals surface area contributed by atoms with Gasteiger partial charge in [0.05, 0.1) is 5.69 Å². The summed E-state index contributed by atoms with van der Waals surface area (Å²) in [7, 11) is 0. The van der Waals surface area contributed by atoms with Crippen LogP contribution in [0.3, 0.4) is 0 Å². The van der Waals surface area contributed by atoms with E-state index in [1.165, 1.54) is 0 Å². The summed E-state index contributed by atoms with van der Waals surface area (Å²) in [5, 5.41) is 8.19. The summed E-state index contributed by atoms with van der Waals surface area (Å²) in [5.41, 5.74) is 1.10. The minimum Gasteiger partial charge on any atom is -0.246 e. The van der Waals surface area contributed by atoms with Gasteiger partial charge in [-0.15, -0.1) is 5.10 Å². The zero-order valence-corrected chi connectivity index (χ0v) is 14.7. The number of hydrogen-bond acceptors (Lipinski definition) is 2. The predicted octanol–water partition coefficient (Wildman–Crippen LogP) is 5.20. The van der Waals surface area contributed by atoms with E-state index in [2.05, 4.69) is 17.2 Å². The standard InChI is InChI=1S/C11H16Cl5N3/c1-4-5-6-19-9(8(7(2)3)17-18-19)10(12,13)11(14,15)16/h7H,4-6H2,1-3H3. The van der Waals surface area contributed by atoms with Crippen LogP contribution < -0.4 is 0 Å². The zero-order valence-electron chi connectivity index (χ0n) is 10.9. The van der Waals surface area contributed by atoms with E-state index in [9.17, 15) is 0 Å². The third-order valence-corrected chi connectivity index (χ3v) is 5.04. The first kappa shape index (κ1) is 17.6. The fourth-order valence-corrected chi connectivity index (χ4v) is 2.29. The molecule has 0 aliphatic carbocycles. The molecule has 0 fully saturated rings. The number of aryl methyl sites for hydroxylation is 1. The summed E-state index contributed by atoms with van der Waals surface area (Å²) >= 11 is 30.3. The Labute approximate surface area is 138 Å². The topological polar surface area (TPSA) is 30.7 Å². The van der Waals surface area contributed by atoms with E-state index in [-0.39, 0.29) is 5.92 Å². The molecule has 0 bridgehead atoms. The van der Waals surface area contributed by atoms with Gasteiger partial charge in [0.15, 0.2) is 0 Å². The second kappa shape index (κ2) is 6.57. The lowest BCUT2D eigenvalue weighted by atomic mass is 10.1. The highest BCUT2D eigenvalue weighted by Gasteiger charge is 2.51. The fourth-order valence-electron chi connectivity index (χ4n) is 1.64. The third-order valence-electron chi connectivity index (χ3n) is 2.68. The summed E-state index contributed by atoms with van der Waals surface area (Å²) in [6.45, 7) is 6.62. The highest BCUT2D eigenvalue weighted by molar-refractivity contribution is 6.75. The molecule has 19 heavy (non-hydrogen) atoms. The first-order valence-electron chi connectivity index (χ1n) is 6.01. The molecule has 1 heterocycles. The van der Waals surface area contributed by atoms with Crippen LogP contribution >= 0.6 is 58.0 Å². The maximum atomic E-state index is 6.28. The van der Waals surface area contributed by atoms with Gasteiger partial charge in [-0.2, -0.15) is 0 Å². The number of rotatable bonds is 5. The molecule has 3 nitrogen and oxygen atoms in total. The highest BCUT2D eigenvalue weighted by Crippen LogP contribution is 2.54. The van der Waals surface area contributed by atoms with Gasteiger partial charge in [0.25, 0.3) is 0 Å². The van der Waals surface area contributed by atoms with Crippen molar-refractivity contribution in [3.05, 3.63) is 11.4 Å². The van der Waals surface area contributed by atoms with Gasteiger partial charge in [-0.3, -0.25) is 0 Å². The van der Waals surface area contributed by atoms with Gasteiger partial charge in [-0.1, -0.05) is 90.4 Å². The van der Waals surface area contributed by atoms with Crippen molar-refractivity contribution in [3.63, 3.8) is 0 Å². The minimum atomic E-state index is -1.87. The van der Waals surface area contributed by atoms with E-state index in [1.54, 1.807) is 4.68 Å². The monoisotopic (exact) mass is 365 g/mol. The lowest BCUT2D eigenvalue weighted by molar-refractivity contribution is 0.522. The molecule has 8 heteroatoms. The average Bonchev–Trinajstić information content (AvgIpc) is 2.68. The fraction of sp³-hybridized carbons (Fsp3) is 0.818. The Bertz CT molecular complexity index is 422. The van der Waals surface area contributed by atoms with Gasteiger partial charge in [0, 0.05) is 6.54 Å². The summed E-state index contributed by atoms with van der Waals surface area (Å²) in [6.07, 6.45) is 1.92. The van der Waals surface area contributed by atoms with Crippen LogP contribution in [0, 0.1) is 0 Å². The van der Waals surface area contributed by atoms with Crippen LogP contribution in [0.25, 0.3) is 0 Å². The van der Waals surface area contributed by atoms with Crippen molar-refractivity contribution in [1.82, 2.24) is 15.0 Å². The maximum absolute atomic E-state index is 6.28. The molecule has 0 aliphatic heterocycles. The summed E-state index contributed by atoms with van der Waals surface area (Å²) in [4.78, 5) is 0. The summed E-state index contributed by atoms with van der Waals surface area (Å²) in [5.74, 6) is 0.0783. The van der Waals surface area contributed by atoms with E-state index in [1.807, 2.05) is 13.8 Å². The lowest BCUT2D eigenvalue weighted by Gasteiger charge is -2.29. The first-order valence-corrected chi connectivity index (χ1v) is 7.90. The van der Waals surface area contributed by atoms with Crippen LogP contribution in [0.4, 0.5) is 0 Å². The molecule has 0 amide bonds. The highest BCUT2D eigenvalue weighted by atomic mass is 35.6. The molecule has 0 spiro atoms. The van der Waals surface area contributed by atoms with Gasteiger partial charge < -0.3 is 0 Å². The first-order chi connectivity index (χ1) is 8.63. The molecule has 1 aromatic heterocycles. The van der Waals surface area contributed by atoms with Crippen molar-refractivity contribution in [2.75, 3.05) is 0 Å². The molecule has 0 unspecified atom stereocenters. The molecule has 1 aromatic rings. The molecular weight excluding hydrogens is 351 g/mol. The molecule has 0 aromatic carbocycles. The molecule has 0 aliphatic rings. The molecule has 1 rings (SSSR count). The van der Waals surface area contributed by atoms with Crippen LogP contribution in [-0.4, -0.2) is 18.8 Å². The van der Waals surface area contributed by atoms with Crippen LogP contribution in [0.5, 0.6) is 0 Å². The number of halogens is 5. The molecule has 0 saturated heterocycles. The molecule has 0 saturated carbocycles. The summed E-state index contributed by atoms with van der Waals surface area (Å²) in [6, 6.07) is 0. The average molecular weight is 368 g/mol. The van der Waals surface area contributed by atoms with E-state index in [4.69, 9.17) is 58.0 Å². The Morgan fingerprint density at radius 3 is 2.16 bits per heavy atom. The molecule has 0 atom stereocenters. The quantitative estimate of drug-likeness (QED) is 0.670. The SMILES string of the molecule is CCCCn1nnc(C(C)C)c1C(Cl)(Cl)C(Cl)(Cl)Cl. The van der Waals surface area contributed by atoms with Crippen molar-refractivity contribution < 1.29 is 0 Å². The van der Waals surface area contributed by atoms with E-state index in [0.29, 0.717) is 17.9 Å². The Morgan fingerprint density at radius 2 is 1.74 bits per heavy atom. The smallest absolute Gasteiger partial charge is 0.228 e. The minimum absolute atomic E-state index is 0.0783. The second-order valence-electron chi connectivity index (χ2n) is 4.63. The molecule has 110 valence electrons. The van der Waals surface area contributed by atoms with Gasteiger partial charge >= 0.3 is 0 Å². The largest absolute Gasteiger partial charge is 0.246 e. The van der Waals surface area contributed by atoms with E-state index >= 15 is 0 Å². The van der Waals surface area contributed by atoms with Crippen LogP contribution in [0.15, 0.2) is 0 Å². The number of alkyl halides is 5. The third kappa shape index (κ3) is 3.82. The number of nitrogens with zero attached hydrogens (tertiary/aromatic N) is 3. The predicted molar refractivity (Wildman–Crippen MR) is 82.7 cm³/mol. The molecule has 0 N–H and O–H groups in total. The number of aromatic nitrogens is 3. The van der Waals surface area contributed by atoms with Crippen LogP contribution in [0.2, 0.25) is 0 Å². The Balaban J connectivity index is 3.32. The van der Waals surface area contributed by atoms with Gasteiger partial charge in [0.2, 0.25) is 8.13 Å². The number of hydrogen-bond donors (Lipinski definition) is 0. The number of unbranched alkanes of at least 4 members (excludes halogenated alkanes) is 1. The van der Waals surface area contributed by atoms with Gasteiger partial charge in [-0.05, 0) is 12.3 Å². The molecular formula is C11H16Cl5N3.